The largest absolute Gasteiger partial charge is 0.497 e. The van der Waals surface area contributed by atoms with Gasteiger partial charge in [0.2, 0.25) is 5.88 Å². The van der Waals surface area contributed by atoms with E-state index in [0.29, 0.717) is 37.4 Å². The van der Waals surface area contributed by atoms with Gasteiger partial charge in [0, 0.05) is 19.1 Å². The van der Waals surface area contributed by atoms with E-state index in [4.69, 9.17) is 19.3 Å². The number of benzene rings is 2. The molecule has 7 nitrogen and oxygen atoms in total. The molecular formula is C28H37N3O4. The maximum absolute atomic E-state index is 10.7. The van der Waals surface area contributed by atoms with Crippen molar-refractivity contribution in [2.75, 3.05) is 20.3 Å². The number of aryl methyl sites for hydroxylation is 1. The molecule has 0 unspecified atom stereocenters. The first-order valence-corrected chi connectivity index (χ1v) is 12.3. The summed E-state index contributed by atoms with van der Waals surface area (Å²) >= 11 is 0. The summed E-state index contributed by atoms with van der Waals surface area (Å²) in [7, 11) is 1.65. The minimum absolute atomic E-state index is 0.280. The Morgan fingerprint density at radius 1 is 1.06 bits per heavy atom. The van der Waals surface area contributed by atoms with Crippen LogP contribution >= 0.6 is 0 Å². The first-order chi connectivity index (χ1) is 16.7. The number of ether oxygens (including phenoxy) is 3. The van der Waals surface area contributed by atoms with Gasteiger partial charge in [0.25, 0.3) is 0 Å². The summed E-state index contributed by atoms with van der Waals surface area (Å²) in [6.07, 6.45) is 1.70. The molecule has 1 saturated carbocycles. The van der Waals surface area contributed by atoms with Crippen LogP contribution in [0.3, 0.4) is 0 Å². The van der Waals surface area contributed by atoms with E-state index in [9.17, 15) is 5.11 Å². The van der Waals surface area contributed by atoms with Gasteiger partial charge in [-0.1, -0.05) is 18.2 Å². The summed E-state index contributed by atoms with van der Waals surface area (Å²) in [4.78, 5) is 2.33. The standard InChI is InChI=1S/C28H37N3O4/c1-20-26(18-30(21-11-12-21)17-23(32)19-34-28(2,3)4)27(31(29-20)22-9-7-6-8-10-22)35-25-15-13-24(33-5)14-16-25/h6-10,13-16,21,23,32H,11-12,17-19H2,1-5H3/t23-/m0/s1. The van der Waals surface area contributed by atoms with Gasteiger partial charge < -0.3 is 19.3 Å². The van der Waals surface area contributed by atoms with Crippen LogP contribution in [0.2, 0.25) is 0 Å². The van der Waals surface area contributed by atoms with Gasteiger partial charge in [-0.2, -0.15) is 5.10 Å². The van der Waals surface area contributed by atoms with Crippen LogP contribution in [0, 0.1) is 6.92 Å². The predicted molar refractivity (Wildman–Crippen MR) is 137 cm³/mol. The molecule has 1 atom stereocenters. The lowest BCUT2D eigenvalue weighted by Crippen LogP contribution is -2.38. The number of rotatable bonds is 11. The van der Waals surface area contributed by atoms with E-state index in [1.165, 1.54) is 0 Å². The van der Waals surface area contributed by atoms with E-state index >= 15 is 0 Å². The maximum atomic E-state index is 10.7. The number of aliphatic hydroxyl groups excluding tert-OH is 1. The number of hydrogen-bond donors (Lipinski definition) is 1. The second-order valence-electron chi connectivity index (χ2n) is 10.1. The fourth-order valence-corrected chi connectivity index (χ4v) is 3.98. The van der Waals surface area contributed by atoms with Gasteiger partial charge >= 0.3 is 0 Å². The Bertz CT molecular complexity index is 1090. The molecule has 2 aromatic carbocycles. The lowest BCUT2D eigenvalue weighted by atomic mass is 10.2. The third-order valence-corrected chi connectivity index (χ3v) is 5.99. The molecule has 35 heavy (non-hydrogen) atoms. The van der Waals surface area contributed by atoms with Crippen molar-refractivity contribution in [3.05, 3.63) is 65.9 Å². The van der Waals surface area contributed by atoms with Gasteiger partial charge in [-0.15, -0.1) is 0 Å². The quantitative estimate of drug-likeness (QED) is 0.412. The van der Waals surface area contributed by atoms with E-state index in [1.807, 2.05) is 87.0 Å². The third kappa shape index (κ3) is 6.84. The van der Waals surface area contributed by atoms with Gasteiger partial charge in [-0.05, 0) is 76.9 Å². The van der Waals surface area contributed by atoms with Crippen molar-refractivity contribution >= 4 is 0 Å². The summed E-state index contributed by atoms with van der Waals surface area (Å²) in [6.45, 7) is 9.51. The molecule has 7 heteroatoms. The second kappa shape index (κ2) is 10.8. The van der Waals surface area contributed by atoms with Crippen LogP contribution in [-0.2, 0) is 11.3 Å². The number of aromatic nitrogens is 2. The Hall–Kier alpha value is -2.87. The zero-order valence-electron chi connectivity index (χ0n) is 21.4. The molecule has 4 rings (SSSR count). The predicted octanol–water partition coefficient (Wildman–Crippen LogP) is 5.12. The number of methoxy groups -OCH3 is 1. The number of hydrogen-bond acceptors (Lipinski definition) is 6. The number of para-hydroxylation sites is 1. The summed E-state index contributed by atoms with van der Waals surface area (Å²) in [5, 5.41) is 15.6. The van der Waals surface area contributed by atoms with Crippen molar-refractivity contribution in [2.24, 2.45) is 0 Å². The van der Waals surface area contributed by atoms with Gasteiger partial charge in [0.1, 0.15) is 11.5 Å². The van der Waals surface area contributed by atoms with Crippen molar-refractivity contribution in [1.29, 1.82) is 0 Å². The summed E-state index contributed by atoms with van der Waals surface area (Å²) in [6, 6.07) is 18.0. The molecule has 1 aromatic heterocycles. The Kier molecular flexibility index (Phi) is 7.79. The van der Waals surface area contributed by atoms with Crippen LogP contribution in [0.5, 0.6) is 17.4 Å². The molecule has 1 fully saturated rings. The van der Waals surface area contributed by atoms with Crippen molar-refractivity contribution in [3.63, 3.8) is 0 Å². The van der Waals surface area contributed by atoms with Gasteiger partial charge in [-0.3, -0.25) is 4.90 Å². The second-order valence-corrected chi connectivity index (χ2v) is 10.1. The lowest BCUT2D eigenvalue weighted by molar-refractivity contribution is -0.0573. The molecule has 1 heterocycles. The minimum Gasteiger partial charge on any atom is -0.497 e. The molecular weight excluding hydrogens is 442 g/mol. The van der Waals surface area contributed by atoms with E-state index in [2.05, 4.69) is 4.90 Å². The molecule has 1 aliphatic rings. The molecule has 0 bridgehead atoms. The lowest BCUT2D eigenvalue weighted by Gasteiger charge is -2.27. The number of nitrogens with zero attached hydrogens (tertiary/aromatic N) is 3. The average Bonchev–Trinajstić information content (AvgIpc) is 3.64. The van der Waals surface area contributed by atoms with Gasteiger partial charge in [0.15, 0.2) is 0 Å². The highest BCUT2D eigenvalue weighted by atomic mass is 16.5. The Labute approximate surface area is 208 Å². The molecule has 0 radical (unpaired) electrons. The third-order valence-electron chi connectivity index (χ3n) is 5.99. The summed E-state index contributed by atoms with van der Waals surface area (Å²) in [5.41, 5.74) is 2.57. The van der Waals surface area contributed by atoms with Crippen LogP contribution < -0.4 is 9.47 Å². The zero-order valence-corrected chi connectivity index (χ0v) is 21.4. The normalized spacial score (nSPS) is 14.8. The topological polar surface area (TPSA) is 69.0 Å². The van der Waals surface area contributed by atoms with Crippen molar-refractivity contribution < 1.29 is 19.3 Å². The first-order valence-electron chi connectivity index (χ1n) is 12.3. The maximum Gasteiger partial charge on any atom is 0.227 e. The van der Waals surface area contributed by atoms with E-state index in [1.54, 1.807) is 7.11 Å². The van der Waals surface area contributed by atoms with Crippen molar-refractivity contribution in [2.45, 2.75) is 64.8 Å². The molecule has 3 aromatic rings. The molecule has 188 valence electrons. The number of aliphatic hydroxyl groups is 1. The Morgan fingerprint density at radius 3 is 2.31 bits per heavy atom. The molecule has 1 N–H and O–H groups in total. The highest BCUT2D eigenvalue weighted by molar-refractivity contribution is 5.44. The molecule has 0 aliphatic heterocycles. The van der Waals surface area contributed by atoms with Crippen LogP contribution in [0.15, 0.2) is 54.6 Å². The van der Waals surface area contributed by atoms with E-state index < -0.39 is 6.10 Å². The van der Waals surface area contributed by atoms with Crippen LogP contribution in [0.1, 0.15) is 44.9 Å². The van der Waals surface area contributed by atoms with Crippen molar-refractivity contribution in [1.82, 2.24) is 14.7 Å². The van der Waals surface area contributed by atoms with E-state index in [-0.39, 0.29) is 5.60 Å². The fraction of sp³-hybridized carbons (Fsp3) is 0.464. The summed E-state index contributed by atoms with van der Waals surface area (Å²) < 4.78 is 19.4. The first kappa shape index (κ1) is 25.2. The SMILES string of the molecule is COc1ccc(Oc2c(CN(C[C@H](O)COC(C)(C)C)C3CC3)c(C)nn2-c2ccccc2)cc1. The van der Waals surface area contributed by atoms with Crippen LogP contribution in [0.25, 0.3) is 5.69 Å². The molecule has 0 spiro atoms. The Balaban J connectivity index is 1.61. The van der Waals surface area contributed by atoms with Crippen molar-refractivity contribution in [3.8, 4) is 23.1 Å². The van der Waals surface area contributed by atoms with Crippen LogP contribution in [0.4, 0.5) is 0 Å². The summed E-state index contributed by atoms with van der Waals surface area (Å²) in [5.74, 6) is 2.17. The molecule has 1 aliphatic carbocycles. The van der Waals surface area contributed by atoms with Crippen LogP contribution in [-0.4, -0.2) is 57.8 Å². The molecule has 0 amide bonds. The highest BCUT2D eigenvalue weighted by Gasteiger charge is 2.33. The van der Waals surface area contributed by atoms with Gasteiger partial charge in [0.05, 0.1) is 42.4 Å². The smallest absolute Gasteiger partial charge is 0.227 e. The Morgan fingerprint density at radius 2 is 1.71 bits per heavy atom. The average molecular weight is 480 g/mol. The van der Waals surface area contributed by atoms with E-state index in [0.717, 1.165) is 35.5 Å². The minimum atomic E-state index is -0.565. The monoisotopic (exact) mass is 479 g/mol. The molecule has 0 saturated heterocycles. The van der Waals surface area contributed by atoms with Gasteiger partial charge in [-0.25, -0.2) is 4.68 Å². The fourth-order valence-electron chi connectivity index (χ4n) is 3.98. The zero-order chi connectivity index (χ0) is 25.0. The highest BCUT2D eigenvalue weighted by Crippen LogP contribution is 2.35.